The van der Waals surface area contributed by atoms with Crippen LogP contribution >= 0.6 is 0 Å². The van der Waals surface area contributed by atoms with Gasteiger partial charge in [-0.1, -0.05) is 63.2 Å². The average molecular weight is 415 g/mol. The Morgan fingerprint density at radius 1 is 1.03 bits per heavy atom. The number of rotatable bonds is 9. The van der Waals surface area contributed by atoms with Crippen LogP contribution in [-0.4, -0.2) is 29.8 Å². The van der Waals surface area contributed by atoms with Crippen molar-refractivity contribution >= 4 is 12.1 Å². The minimum Gasteiger partial charge on any atom is -0.493 e. The number of carbonyl (C=O) groups is 2. The molecule has 7 heteroatoms. The molecule has 2 aromatic rings. The van der Waals surface area contributed by atoms with E-state index in [0.717, 1.165) is 11.1 Å². The van der Waals surface area contributed by atoms with Gasteiger partial charge in [-0.05, 0) is 28.7 Å². The lowest BCUT2D eigenvalue weighted by molar-refractivity contribution is -0.142. The molecule has 0 saturated heterocycles. The molecule has 1 amide bonds. The largest absolute Gasteiger partial charge is 0.493 e. The minimum atomic E-state index is -1.17. The summed E-state index contributed by atoms with van der Waals surface area (Å²) < 4.78 is 11.0. The molecule has 162 valence electrons. The van der Waals surface area contributed by atoms with E-state index in [2.05, 4.69) is 5.32 Å². The summed E-state index contributed by atoms with van der Waals surface area (Å²) >= 11 is 0. The highest BCUT2D eigenvalue weighted by atomic mass is 16.5. The Morgan fingerprint density at radius 2 is 1.67 bits per heavy atom. The second-order valence-corrected chi connectivity index (χ2v) is 8.15. The zero-order chi connectivity index (χ0) is 22.1. The quantitative estimate of drug-likeness (QED) is 0.578. The normalized spacial score (nSPS) is 13.2. The first kappa shape index (κ1) is 23.2. The van der Waals surface area contributed by atoms with E-state index in [1.54, 1.807) is 12.1 Å². The van der Waals surface area contributed by atoms with Crippen molar-refractivity contribution in [2.45, 2.75) is 40.0 Å². The maximum absolute atomic E-state index is 12.3. The van der Waals surface area contributed by atoms with Crippen molar-refractivity contribution in [2.75, 3.05) is 6.61 Å². The first-order valence-corrected chi connectivity index (χ1v) is 9.82. The monoisotopic (exact) mass is 414 g/mol. The van der Waals surface area contributed by atoms with Gasteiger partial charge >= 0.3 is 12.1 Å². The predicted octanol–water partition coefficient (Wildman–Crippen LogP) is 3.57. The third-order valence-electron chi connectivity index (χ3n) is 4.86. The molecule has 0 aliphatic rings. The lowest BCUT2D eigenvalue weighted by atomic mass is 9.76. The Kier molecular flexibility index (Phi) is 8.24. The fourth-order valence-corrected chi connectivity index (χ4v) is 2.98. The van der Waals surface area contributed by atoms with Gasteiger partial charge in [0.1, 0.15) is 18.4 Å². The Labute approximate surface area is 177 Å². The molecule has 0 heterocycles. The number of hydrogen-bond donors (Lipinski definition) is 3. The number of carboxylic acid groups (broad SMARTS) is 1. The van der Waals surface area contributed by atoms with Crippen molar-refractivity contribution in [3.63, 3.8) is 0 Å². The molecule has 0 aliphatic carbocycles. The van der Waals surface area contributed by atoms with Crippen LogP contribution in [0.1, 0.15) is 31.9 Å². The van der Waals surface area contributed by atoms with Crippen molar-refractivity contribution in [1.29, 1.82) is 0 Å². The van der Waals surface area contributed by atoms with Crippen LogP contribution < -0.4 is 15.8 Å². The zero-order valence-corrected chi connectivity index (χ0v) is 17.6. The maximum atomic E-state index is 12.3. The SMILES string of the molecule is CC(C)(C)C(COc1ccc(CN)cc1)[C@H](NC(=O)OCc1ccccc1)C(=O)O. The molecule has 0 fully saturated rings. The number of nitrogens with one attached hydrogen (secondary N) is 1. The van der Waals surface area contributed by atoms with Gasteiger partial charge in [-0.25, -0.2) is 9.59 Å². The van der Waals surface area contributed by atoms with Crippen LogP contribution in [0.4, 0.5) is 4.79 Å². The number of carbonyl (C=O) groups excluding carboxylic acids is 1. The van der Waals surface area contributed by atoms with Crippen LogP contribution in [0.5, 0.6) is 5.75 Å². The average Bonchev–Trinajstić information content (AvgIpc) is 2.71. The highest BCUT2D eigenvalue weighted by Crippen LogP contribution is 2.30. The van der Waals surface area contributed by atoms with Crippen molar-refractivity contribution < 1.29 is 24.2 Å². The summed E-state index contributed by atoms with van der Waals surface area (Å²) in [4.78, 5) is 24.2. The number of amides is 1. The second-order valence-electron chi connectivity index (χ2n) is 8.15. The molecule has 2 rings (SSSR count). The first-order valence-electron chi connectivity index (χ1n) is 9.82. The van der Waals surface area contributed by atoms with Crippen LogP contribution in [0, 0.1) is 11.3 Å². The highest BCUT2D eigenvalue weighted by Gasteiger charge is 2.38. The molecule has 0 bridgehead atoms. The topological polar surface area (TPSA) is 111 Å². The van der Waals surface area contributed by atoms with Gasteiger partial charge in [0.15, 0.2) is 0 Å². The van der Waals surface area contributed by atoms with Crippen molar-refractivity contribution in [1.82, 2.24) is 5.32 Å². The summed E-state index contributed by atoms with van der Waals surface area (Å²) in [6, 6.07) is 15.3. The van der Waals surface area contributed by atoms with E-state index in [1.807, 2.05) is 63.2 Å². The van der Waals surface area contributed by atoms with Gasteiger partial charge < -0.3 is 25.6 Å². The van der Waals surface area contributed by atoms with E-state index in [9.17, 15) is 14.7 Å². The van der Waals surface area contributed by atoms with Gasteiger partial charge in [-0.15, -0.1) is 0 Å². The molecule has 0 aliphatic heterocycles. The van der Waals surface area contributed by atoms with E-state index in [4.69, 9.17) is 15.2 Å². The molecule has 1 unspecified atom stereocenters. The number of aliphatic carboxylic acids is 1. The first-order chi connectivity index (χ1) is 14.2. The Bertz CT molecular complexity index is 816. The van der Waals surface area contributed by atoms with E-state index < -0.39 is 29.4 Å². The highest BCUT2D eigenvalue weighted by molar-refractivity contribution is 5.80. The molecular weight excluding hydrogens is 384 g/mol. The van der Waals surface area contributed by atoms with Gasteiger partial charge in [-0.2, -0.15) is 0 Å². The van der Waals surface area contributed by atoms with Gasteiger partial charge in [-0.3, -0.25) is 0 Å². The maximum Gasteiger partial charge on any atom is 0.408 e. The van der Waals surface area contributed by atoms with Gasteiger partial charge in [0.05, 0.1) is 6.61 Å². The molecule has 2 aromatic carbocycles. The van der Waals surface area contributed by atoms with E-state index >= 15 is 0 Å². The van der Waals surface area contributed by atoms with Crippen LogP contribution in [-0.2, 0) is 22.7 Å². The smallest absolute Gasteiger partial charge is 0.408 e. The van der Waals surface area contributed by atoms with E-state index in [0.29, 0.717) is 12.3 Å². The van der Waals surface area contributed by atoms with Gasteiger partial charge in [0.2, 0.25) is 0 Å². The van der Waals surface area contributed by atoms with E-state index in [1.165, 1.54) is 0 Å². The minimum absolute atomic E-state index is 0.0587. The van der Waals surface area contributed by atoms with Crippen molar-refractivity contribution in [3.05, 3.63) is 65.7 Å². The molecular formula is C23H30N2O5. The molecule has 30 heavy (non-hydrogen) atoms. The molecule has 0 aromatic heterocycles. The molecule has 0 saturated carbocycles. The summed E-state index contributed by atoms with van der Waals surface area (Å²) in [6.07, 6.45) is -0.784. The fraction of sp³-hybridized carbons (Fsp3) is 0.391. The summed E-state index contributed by atoms with van der Waals surface area (Å²) in [5, 5.41) is 12.3. The number of nitrogens with two attached hydrogens (primary N) is 1. The standard InChI is InChI=1S/C23H30N2O5/c1-23(2,3)19(15-29-18-11-9-16(13-24)10-12-18)20(21(26)27)25-22(28)30-14-17-7-5-4-6-8-17/h4-12,19-20H,13-15,24H2,1-3H3,(H,25,28)(H,26,27)/t19?,20-/m0/s1. The Balaban J connectivity index is 2.04. The lowest BCUT2D eigenvalue weighted by Gasteiger charge is -2.35. The van der Waals surface area contributed by atoms with Crippen molar-refractivity contribution in [3.8, 4) is 5.75 Å². The second kappa shape index (κ2) is 10.6. The van der Waals surface area contributed by atoms with Crippen LogP contribution in [0.2, 0.25) is 0 Å². The Hall–Kier alpha value is -3.06. The molecule has 7 nitrogen and oxygen atoms in total. The summed E-state index contributed by atoms with van der Waals surface area (Å²) in [5.41, 5.74) is 6.94. The summed E-state index contributed by atoms with van der Waals surface area (Å²) in [5.74, 6) is -1.04. The Morgan fingerprint density at radius 3 is 2.20 bits per heavy atom. The predicted molar refractivity (Wildman–Crippen MR) is 114 cm³/mol. The number of carboxylic acids is 1. The third-order valence-corrected chi connectivity index (χ3v) is 4.86. The third kappa shape index (κ3) is 7.08. The number of hydrogen-bond acceptors (Lipinski definition) is 5. The van der Waals surface area contributed by atoms with Gasteiger partial charge in [0, 0.05) is 12.5 Å². The van der Waals surface area contributed by atoms with Crippen molar-refractivity contribution in [2.24, 2.45) is 17.1 Å². The zero-order valence-electron chi connectivity index (χ0n) is 17.6. The molecule has 2 atom stereocenters. The molecule has 0 radical (unpaired) electrons. The van der Waals surface area contributed by atoms with E-state index in [-0.39, 0.29) is 13.2 Å². The number of alkyl carbamates (subject to hydrolysis) is 1. The molecule has 4 N–H and O–H groups in total. The number of ether oxygens (including phenoxy) is 2. The summed E-state index contributed by atoms with van der Waals surface area (Å²) in [7, 11) is 0. The lowest BCUT2D eigenvalue weighted by Crippen LogP contribution is -2.52. The van der Waals surface area contributed by atoms with Crippen LogP contribution in [0.15, 0.2) is 54.6 Å². The fourth-order valence-electron chi connectivity index (χ4n) is 2.98. The van der Waals surface area contributed by atoms with Gasteiger partial charge in [0.25, 0.3) is 0 Å². The molecule has 0 spiro atoms. The van der Waals surface area contributed by atoms with Crippen LogP contribution in [0.25, 0.3) is 0 Å². The summed E-state index contributed by atoms with van der Waals surface area (Å²) in [6.45, 7) is 6.33. The number of benzene rings is 2. The van der Waals surface area contributed by atoms with Crippen LogP contribution in [0.3, 0.4) is 0 Å².